The summed E-state index contributed by atoms with van der Waals surface area (Å²) in [5.41, 5.74) is 0.799. The fraction of sp³-hybridized carbons (Fsp3) is 0.500. The average molecular weight is 292 g/mol. The van der Waals surface area contributed by atoms with E-state index in [9.17, 15) is 9.59 Å². The maximum absolute atomic E-state index is 11.7. The van der Waals surface area contributed by atoms with E-state index in [1.807, 2.05) is 6.08 Å². The number of hydrogen-bond donors (Lipinski definition) is 0. The second kappa shape index (κ2) is 7.11. The van der Waals surface area contributed by atoms with Gasteiger partial charge in [-0.3, -0.25) is 0 Å². The second-order valence-electron chi connectivity index (χ2n) is 5.23. The molecule has 2 rings (SSSR count). The van der Waals surface area contributed by atoms with E-state index in [4.69, 9.17) is 14.2 Å². The smallest absolute Gasteiger partial charge is 0.340 e. The molecule has 0 aromatic rings. The molecule has 5 heteroatoms. The summed E-state index contributed by atoms with van der Waals surface area (Å²) in [5.74, 6) is -0.381. The lowest BCUT2D eigenvalue weighted by molar-refractivity contribution is -0.152. The molecule has 0 bridgehead atoms. The van der Waals surface area contributed by atoms with Crippen molar-refractivity contribution in [3.05, 3.63) is 35.6 Å². The Bertz CT molecular complexity index is 495. The number of cyclic esters (lactones) is 1. The minimum absolute atomic E-state index is 0.304. The van der Waals surface area contributed by atoms with Gasteiger partial charge >= 0.3 is 11.9 Å². The lowest BCUT2D eigenvalue weighted by Gasteiger charge is -2.09. The predicted octanol–water partition coefficient (Wildman–Crippen LogP) is 2.64. The highest BCUT2D eigenvalue weighted by atomic mass is 16.7. The number of esters is 2. The number of allylic oxidation sites excluding steroid dienone is 1. The molecular formula is C16H20O5. The number of carbonyl (C=O) groups is 2. The Kier molecular flexibility index (Phi) is 5.20. The normalized spacial score (nSPS) is 23.3. The fourth-order valence-electron chi connectivity index (χ4n) is 2.37. The van der Waals surface area contributed by atoms with E-state index in [2.05, 4.69) is 0 Å². The first-order valence-electron chi connectivity index (χ1n) is 7.11. The Hall–Kier alpha value is -2.04. The standard InChI is InChI=1S/C16H20O5/c1-11-9-14(21-15(11)17)20-10-13(16(18)19-2)8-7-12-5-3-4-6-12/h7-10,12,14H,3-6H2,1-2H3/b8-7+,13-10+. The third-order valence-corrected chi connectivity index (χ3v) is 3.63. The molecule has 0 spiro atoms. The van der Waals surface area contributed by atoms with Gasteiger partial charge in [0.1, 0.15) is 6.26 Å². The first-order chi connectivity index (χ1) is 10.1. The molecule has 1 fully saturated rings. The Morgan fingerprint density at radius 1 is 1.38 bits per heavy atom. The third kappa shape index (κ3) is 4.21. The molecule has 21 heavy (non-hydrogen) atoms. The van der Waals surface area contributed by atoms with Gasteiger partial charge in [0.05, 0.1) is 12.7 Å². The van der Waals surface area contributed by atoms with Crippen molar-refractivity contribution < 1.29 is 23.8 Å². The van der Waals surface area contributed by atoms with Gasteiger partial charge in [-0.2, -0.15) is 0 Å². The van der Waals surface area contributed by atoms with Crippen LogP contribution in [0.1, 0.15) is 32.6 Å². The van der Waals surface area contributed by atoms with Gasteiger partial charge in [0.25, 0.3) is 6.29 Å². The van der Waals surface area contributed by atoms with Gasteiger partial charge in [-0.05, 0) is 31.8 Å². The average Bonchev–Trinajstić information content (AvgIpc) is 3.09. The van der Waals surface area contributed by atoms with Crippen molar-refractivity contribution in [3.63, 3.8) is 0 Å². The molecule has 1 saturated carbocycles. The first-order valence-corrected chi connectivity index (χ1v) is 7.11. The number of hydrogen-bond acceptors (Lipinski definition) is 5. The minimum Gasteiger partial charge on any atom is -0.465 e. The molecule has 1 unspecified atom stereocenters. The van der Waals surface area contributed by atoms with Gasteiger partial charge in [0.15, 0.2) is 0 Å². The summed E-state index contributed by atoms with van der Waals surface area (Å²) in [5, 5.41) is 0. The van der Waals surface area contributed by atoms with E-state index in [1.165, 1.54) is 26.2 Å². The topological polar surface area (TPSA) is 61.8 Å². The summed E-state index contributed by atoms with van der Waals surface area (Å²) in [6.45, 7) is 1.65. The van der Waals surface area contributed by atoms with Crippen LogP contribution in [-0.4, -0.2) is 25.3 Å². The van der Waals surface area contributed by atoms with E-state index in [1.54, 1.807) is 19.1 Å². The summed E-state index contributed by atoms with van der Waals surface area (Å²) in [7, 11) is 1.32. The van der Waals surface area contributed by atoms with Crippen molar-refractivity contribution in [2.75, 3.05) is 7.11 Å². The predicted molar refractivity (Wildman–Crippen MR) is 75.9 cm³/mol. The number of ether oxygens (including phenoxy) is 3. The van der Waals surface area contributed by atoms with Gasteiger partial charge in [-0.15, -0.1) is 0 Å². The van der Waals surface area contributed by atoms with Crippen LogP contribution in [0.5, 0.6) is 0 Å². The van der Waals surface area contributed by atoms with Crippen LogP contribution in [0.2, 0.25) is 0 Å². The lowest BCUT2D eigenvalue weighted by Crippen LogP contribution is -2.11. The Balaban J connectivity index is 2.00. The van der Waals surface area contributed by atoms with Crippen LogP contribution in [0, 0.1) is 5.92 Å². The molecular weight excluding hydrogens is 272 g/mol. The molecule has 0 N–H and O–H groups in total. The van der Waals surface area contributed by atoms with Crippen LogP contribution in [0.4, 0.5) is 0 Å². The zero-order valence-corrected chi connectivity index (χ0v) is 12.3. The van der Waals surface area contributed by atoms with Gasteiger partial charge in [0.2, 0.25) is 0 Å². The van der Waals surface area contributed by atoms with Crippen LogP contribution < -0.4 is 0 Å². The van der Waals surface area contributed by atoms with E-state index in [0.29, 0.717) is 17.1 Å². The zero-order valence-electron chi connectivity index (χ0n) is 12.3. The Morgan fingerprint density at radius 3 is 2.67 bits per heavy atom. The largest absolute Gasteiger partial charge is 0.465 e. The van der Waals surface area contributed by atoms with Gasteiger partial charge in [-0.1, -0.05) is 18.9 Å². The summed E-state index contributed by atoms with van der Waals surface area (Å²) in [6.07, 6.45) is 10.5. The maximum Gasteiger partial charge on any atom is 0.340 e. The molecule has 0 aromatic carbocycles. The highest BCUT2D eigenvalue weighted by Crippen LogP contribution is 2.26. The van der Waals surface area contributed by atoms with E-state index < -0.39 is 18.2 Å². The van der Waals surface area contributed by atoms with Crippen molar-refractivity contribution >= 4 is 11.9 Å². The highest BCUT2D eigenvalue weighted by molar-refractivity contribution is 5.91. The number of carbonyl (C=O) groups excluding carboxylic acids is 2. The van der Waals surface area contributed by atoms with Crippen LogP contribution in [0.3, 0.4) is 0 Å². The molecule has 5 nitrogen and oxygen atoms in total. The van der Waals surface area contributed by atoms with Crippen molar-refractivity contribution in [2.24, 2.45) is 5.92 Å². The van der Waals surface area contributed by atoms with Crippen LogP contribution in [0.25, 0.3) is 0 Å². The molecule has 0 amide bonds. The monoisotopic (exact) mass is 292 g/mol. The quantitative estimate of drug-likeness (QED) is 0.337. The summed E-state index contributed by atoms with van der Waals surface area (Å²) < 4.78 is 15.0. The molecule has 0 aromatic heterocycles. The molecule has 0 saturated heterocycles. The van der Waals surface area contributed by atoms with Crippen LogP contribution >= 0.6 is 0 Å². The van der Waals surface area contributed by atoms with E-state index >= 15 is 0 Å². The number of rotatable bonds is 5. The Morgan fingerprint density at radius 2 is 2.10 bits per heavy atom. The van der Waals surface area contributed by atoms with Gasteiger partial charge in [-0.25, -0.2) is 9.59 Å². The van der Waals surface area contributed by atoms with Crippen molar-refractivity contribution in [2.45, 2.75) is 38.9 Å². The molecule has 1 aliphatic heterocycles. The first kappa shape index (κ1) is 15.4. The molecule has 114 valence electrons. The molecule has 2 aliphatic rings. The van der Waals surface area contributed by atoms with Crippen LogP contribution in [-0.2, 0) is 23.8 Å². The third-order valence-electron chi connectivity index (χ3n) is 3.63. The zero-order chi connectivity index (χ0) is 15.2. The van der Waals surface area contributed by atoms with Crippen molar-refractivity contribution in [3.8, 4) is 0 Å². The lowest BCUT2D eigenvalue weighted by atomic mass is 10.1. The molecule has 1 aliphatic carbocycles. The molecule has 1 heterocycles. The highest BCUT2D eigenvalue weighted by Gasteiger charge is 2.23. The maximum atomic E-state index is 11.7. The van der Waals surface area contributed by atoms with Gasteiger partial charge in [0, 0.05) is 11.6 Å². The van der Waals surface area contributed by atoms with Gasteiger partial charge < -0.3 is 14.2 Å². The van der Waals surface area contributed by atoms with E-state index in [0.717, 1.165) is 12.8 Å². The summed E-state index contributed by atoms with van der Waals surface area (Å²) in [4.78, 5) is 22.9. The van der Waals surface area contributed by atoms with Crippen LogP contribution in [0.15, 0.2) is 35.6 Å². The molecule has 0 radical (unpaired) electrons. The van der Waals surface area contributed by atoms with E-state index in [-0.39, 0.29) is 0 Å². The summed E-state index contributed by atoms with van der Waals surface area (Å²) in [6, 6.07) is 0. The second-order valence-corrected chi connectivity index (χ2v) is 5.23. The van der Waals surface area contributed by atoms with Crippen molar-refractivity contribution in [1.82, 2.24) is 0 Å². The molecule has 1 atom stereocenters. The Labute approximate surface area is 124 Å². The van der Waals surface area contributed by atoms with Crippen molar-refractivity contribution in [1.29, 1.82) is 0 Å². The SMILES string of the molecule is COC(=O)C(/C=C/C1CCCC1)=C/OC1C=C(C)C(=O)O1. The summed E-state index contributed by atoms with van der Waals surface area (Å²) >= 11 is 0. The number of methoxy groups -OCH3 is 1. The minimum atomic E-state index is -0.781. The fourth-order valence-corrected chi connectivity index (χ4v) is 2.37.